The Labute approximate surface area is 164 Å². The van der Waals surface area contributed by atoms with Gasteiger partial charge in [-0.1, -0.05) is 30.0 Å². The minimum atomic E-state index is -0.945. The number of nitrogens with zero attached hydrogens (tertiary/aromatic N) is 2. The Balaban J connectivity index is 1.50. The van der Waals surface area contributed by atoms with Gasteiger partial charge in [-0.05, 0) is 37.3 Å². The van der Waals surface area contributed by atoms with Gasteiger partial charge in [-0.15, -0.1) is 11.3 Å². The first-order valence-electron chi connectivity index (χ1n) is 8.04. The summed E-state index contributed by atoms with van der Waals surface area (Å²) < 4.78 is 7.01. The summed E-state index contributed by atoms with van der Waals surface area (Å²) in [5.74, 6) is -0.877. The summed E-state index contributed by atoms with van der Waals surface area (Å²) in [6.07, 6.45) is -0.945. The summed E-state index contributed by atoms with van der Waals surface area (Å²) in [5, 5.41) is 11.5. The van der Waals surface area contributed by atoms with E-state index in [2.05, 4.69) is 10.3 Å². The van der Waals surface area contributed by atoms with E-state index in [1.54, 1.807) is 24.3 Å². The molecule has 0 radical (unpaired) electrons. The van der Waals surface area contributed by atoms with Crippen LogP contribution in [0.1, 0.15) is 12.5 Å². The van der Waals surface area contributed by atoms with Crippen molar-refractivity contribution in [3.63, 3.8) is 0 Å². The predicted molar refractivity (Wildman–Crippen MR) is 106 cm³/mol. The number of nitrogens with one attached hydrogen (secondary N) is 1. The van der Waals surface area contributed by atoms with Crippen molar-refractivity contribution < 1.29 is 14.3 Å². The van der Waals surface area contributed by atoms with Gasteiger partial charge in [0, 0.05) is 5.69 Å². The highest BCUT2D eigenvalue weighted by Crippen LogP contribution is 2.29. The highest BCUT2D eigenvalue weighted by molar-refractivity contribution is 8.01. The number of ether oxygens (including phenoxy) is 1. The number of anilines is 1. The van der Waals surface area contributed by atoms with E-state index >= 15 is 0 Å². The normalized spacial score (nSPS) is 11.6. The third-order valence-corrected chi connectivity index (χ3v) is 5.68. The van der Waals surface area contributed by atoms with Crippen LogP contribution in [0.15, 0.2) is 52.9 Å². The highest BCUT2D eigenvalue weighted by Gasteiger charge is 2.18. The van der Waals surface area contributed by atoms with Crippen LogP contribution in [0.25, 0.3) is 10.2 Å². The fourth-order valence-corrected chi connectivity index (χ4v) is 4.08. The van der Waals surface area contributed by atoms with Crippen molar-refractivity contribution in [1.29, 1.82) is 5.26 Å². The number of thiazole rings is 1. The van der Waals surface area contributed by atoms with Crippen molar-refractivity contribution in [2.45, 2.75) is 17.4 Å². The molecule has 0 unspecified atom stereocenters. The topological polar surface area (TPSA) is 92.1 Å². The number of benzene rings is 2. The summed E-state index contributed by atoms with van der Waals surface area (Å²) in [4.78, 5) is 28.6. The van der Waals surface area contributed by atoms with E-state index in [4.69, 9.17) is 10.00 Å². The summed E-state index contributed by atoms with van der Waals surface area (Å²) in [5.41, 5.74) is 1.81. The van der Waals surface area contributed by atoms with Gasteiger partial charge >= 0.3 is 5.97 Å². The van der Waals surface area contributed by atoms with Gasteiger partial charge in [-0.3, -0.25) is 9.59 Å². The van der Waals surface area contributed by atoms with E-state index in [1.807, 2.05) is 30.3 Å². The van der Waals surface area contributed by atoms with Crippen LogP contribution in [-0.2, 0) is 14.3 Å². The lowest BCUT2D eigenvalue weighted by molar-refractivity contribution is -0.150. The summed E-state index contributed by atoms with van der Waals surface area (Å²) in [6, 6.07) is 16.3. The Kier molecular flexibility index (Phi) is 6.06. The molecule has 0 aliphatic heterocycles. The molecule has 2 aromatic carbocycles. The summed E-state index contributed by atoms with van der Waals surface area (Å²) >= 11 is 2.79. The van der Waals surface area contributed by atoms with E-state index in [1.165, 1.54) is 30.0 Å². The molecule has 1 amide bonds. The number of carbonyl (C=O) groups excluding carboxylic acids is 2. The number of hydrogen-bond acceptors (Lipinski definition) is 7. The van der Waals surface area contributed by atoms with Crippen molar-refractivity contribution in [3.8, 4) is 6.07 Å². The van der Waals surface area contributed by atoms with Crippen LogP contribution in [-0.4, -0.2) is 28.7 Å². The van der Waals surface area contributed by atoms with Crippen LogP contribution in [0.4, 0.5) is 5.69 Å². The Morgan fingerprint density at radius 3 is 2.89 bits per heavy atom. The number of aromatic nitrogens is 1. The molecule has 3 rings (SSSR count). The first-order chi connectivity index (χ1) is 13.0. The molecule has 0 aliphatic carbocycles. The van der Waals surface area contributed by atoms with Gasteiger partial charge < -0.3 is 10.1 Å². The van der Waals surface area contributed by atoms with Gasteiger partial charge in [-0.2, -0.15) is 5.26 Å². The quantitative estimate of drug-likeness (QED) is 0.502. The third-order valence-electron chi connectivity index (χ3n) is 3.52. The monoisotopic (exact) mass is 397 g/mol. The number of carbonyl (C=O) groups is 2. The minimum absolute atomic E-state index is 0.0708. The SMILES string of the molecule is C[C@@H](OC(=O)CSc1nc2ccccc2s1)C(=O)Nc1cccc(C#N)c1. The van der Waals surface area contributed by atoms with E-state index in [9.17, 15) is 9.59 Å². The van der Waals surface area contributed by atoms with Gasteiger partial charge in [0.2, 0.25) is 0 Å². The Morgan fingerprint density at radius 2 is 2.11 bits per heavy atom. The fourth-order valence-electron chi connectivity index (χ4n) is 2.23. The maximum Gasteiger partial charge on any atom is 0.317 e. The van der Waals surface area contributed by atoms with Gasteiger partial charge in [0.25, 0.3) is 5.91 Å². The van der Waals surface area contributed by atoms with E-state index in [0.29, 0.717) is 11.3 Å². The lowest BCUT2D eigenvalue weighted by atomic mass is 10.2. The number of thioether (sulfide) groups is 1. The maximum atomic E-state index is 12.2. The lowest BCUT2D eigenvalue weighted by Crippen LogP contribution is -2.30. The summed E-state index contributed by atoms with van der Waals surface area (Å²) in [6.45, 7) is 1.50. The van der Waals surface area contributed by atoms with E-state index < -0.39 is 18.0 Å². The van der Waals surface area contributed by atoms with Crippen molar-refractivity contribution in [2.24, 2.45) is 0 Å². The van der Waals surface area contributed by atoms with Crippen LogP contribution in [0.2, 0.25) is 0 Å². The van der Waals surface area contributed by atoms with Crippen LogP contribution in [0.3, 0.4) is 0 Å². The zero-order valence-electron chi connectivity index (χ0n) is 14.3. The van der Waals surface area contributed by atoms with Crippen molar-refractivity contribution in [1.82, 2.24) is 4.98 Å². The van der Waals surface area contributed by atoms with Gasteiger partial charge in [0.05, 0.1) is 27.6 Å². The number of rotatable bonds is 6. The number of esters is 1. The van der Waals surface area contributed by atoms with Gasteiger partial charge in [-0.25, -0.2) is 4.98 Å². The number of amides is 1. The standard InChI is InChI=1S/C19H15N3O3S2/c1-12(18(24)21-14-6-4-5-13(9-14)10-20)25-17(23)11-26-19-22-15-7-2-3-8-16(15)27-19/h2-9,12H,11H2,1H3,(H,21,24)/t12-/m1/s1. The Morgan fingerprint density at radius 1 is 1.30 bits per heavy atom. The molecule has 0 aliphatic rings. The average Bonchev–Trinajstić information content (AvgIpc) is 3.09. The van der Waals surface area contributed by atoms with Crippen LogP contribution < -0.4 is 5.32 Å². The zero-order chi connectivity index (χ0) is 19.2. The minimum Gasteiger partial charge on any atom is -0.452 e. The molecule has 0 bridgehead atoms. The number of hydrogen-bond donors (Lipinski definition) is 1. The van der Waals surface area contributed by atoms with Crippen molar-refractivity contribution in [3.05, 3.63) is 54.1 Å². The molecule has 136 valence electrons. The number of nitriles is 1. The molecule has 6 nitrogen and oxygen atoms in total. The molecule has 1 heterocycles. The van der Waals surface area contributed by atoms with Crippen LogP contribution in [0, 0.1) is 11.3 Å². The molecule has 3 aromatic rings. The highest BCUT2D eigenvalue weighted by atomic mass is 32.2. The van der Waals surface area contributed by atoms with Gasteiger partial charge in [0.1, 0.15) is 0 Å². The van der Waals surface area contributed by atoms with Crippen molar-refractivity contribution in [2.75, 3.05) is 11.1 Å². The Bertz CT molecular complexity index is 993. The maximum absolute atomic E-state index is 12.2. The molecule has 0 spiro atoms. The molecular weight excluding hydrogens is 382 g/mol. The third kappa shape index (κ3) is 5.06. The first kappa shape index (κ1) is 18.9. The fraction of sp³-hybridized carbons (Fsp3) is 0.158. The van der Waals surface area contributed by atoms with Crippen LogP contribution >= 0.6 is 23.1 Å². The lowest BCUT2D eigenvalue weighted by Gasteiger charge is -2.13. The second kappa shape index (κ2) is 8.66. The smallest absolute Gasteiger partial charge is 0.317 e. The largest absolute Gasteiger partial charge is 0.452 e. The molecule has 1 aromatic heterocycles. The second-order valence-electron chi connectivity index (χ2n) is 5.55. The molecule has 0 fully saturated rings. The molecule has 0 saturated carbocycles. The van der Waals surface area contributed by atoms with Crippen LogP contribution in [0.5, 0.6) is 0 Å². The number of fused-ring (bicyclic) bond motifs is 1. The van der Waals surface area contributed by atoms with Crippen molar-refractivity contribution >= 4 is 50.9 Å². The van der Waals surface area contributed by atoms with E-state index in [-0.39, 0.29) is 5.75 Å². The molecule has 1 N–H and O–H groups in total. The Hall–Kier alpha value is -2.89. The predicted octanol–water partition coefficient (Wildman–Crippen LogP) is 3.83. The average molecular weight is 397 g/mol. The zero-order valence-corrected chi connectivity index (χ0v) is 16.0. The van der Waals surface area contributed by atoms with Gasteiger partial charge in [0.15, 0.2) is 10.4 Å². The molecule has 27 heavy (non-hydrogen) atoms. The second-order valence-corrected chi connectivity index (χ2v) is 7.80. The molecule has 1 atom stereocenters. The number of para-hydroxylation sites is 1. The molecule has 8 heteroatoms. The first-order valence-corrected chi connectivity index (χ1v) is 9.84. The molecule has 0 saturated heterocycles. The summed E-state index contributed by atoms with van der Waals surface area (Å²) in [7, 11) is 0. The van der Waals surface area contributed by atoms with E-state index in [0.717, 1.165) is 14.6 Å². The molecular formula is C19H15N3O3S2.